The molecule has 8 nitrogen and oxygen atoms in total. The molecule has 0 aliphatic heterocycles. The van der Waals surface area contributed by atoms with Crippen molar-refractivity contribution >= 4 is 29.3 Å². The van der Waals surface area contributed by atoms with Gasteiger partial charge >= 0.3 is 19.5 Å². The van der Waals surface area contributed by atoms with E-state index >= 15 is 0 Å². The van der Waals surface area contributed by atoms with Gasteiger partial charge in [0.15, 0.2) is 11.6 Å². The van der Waals surface area contributed by atoms with Gasteiger partial charge < -0.3 is 25.5 Å². The minimum atomic E-state index is -1.63. The molecule has 0 spiro atoms. The summed E-state index contributed by atoms with van der Waals surface area (Å²) in [5.74, 6) is -4.96. The van der Waals surface area contributed by atoms with Crippen LogP contribution in [0.1, 0.15) is 20.8 Å². The van der Waals surface area contributed by atoms with Crippen LogP contribution in [-0.2, 0) is 38.7 Å². The molecule has 0 unspecified atom stereocenters. The van der Waals surface area contributed by atoms with Crippen molar-refractivity contribution in [1.82, 2.24) is 0 Å². The molecule has 0 rings (SSSR count). The minimum Gasteiger partial charge on any atom is -0.542 e. The van der Waals surface area contributed by atoms with Crippen molar-refractivity contribution in [2.75, 3.05) is 0 Å². The largest absolute Gasteiger partial charge is 2.00 e. The van der Waals surface area contributed by atoms with Crippen molar-refractivity contribution in [2.24, 2.45) is 5.73 Å². The normalized spacial score (nSPS) is 6.76. The maximum Gasteiger partial charge on any atom is 2.00 e. The first-order chi connectivity index (χ1) is 7.02. The maximum atomic E-state index is 9.48. The quantitative estimate of drug-likeness (QED) is 0.232. The third-order valence-corrected chi connectivity index (χ3v) is 0.575. The average Bonchev–Trinajstić information content (AvgIpc) is 2.03. The van der Waals surface area contributed by atoms with Crippen LogP contribution in [0.15, 0.2) is 0 Å². The monoisotopic (exact) mass is 296 g/mol. The van der Waals surface area contributed by atoms with E-state index in [0.29, 0.717) is 0 Å². The summed E-state index contributed by atoms with van der Waals surface area (Å²) in [6, 6.07) is 0. The first-order valence-corrected chi connectivity index (χ1v) is 3.76. The van der Waals surface area contributed by atoms with E-state index in [-0.39, 0.29) is 25.3 Å². The Balaban J connectivity index is -0.0000000741. The number of carbonyl (C=O) groups is 4. The van der Waals surface area contributed by atoms with E-state index in [1.165, 1.54) is 6.92 Å². The van der Waals surface area contributed by atoms with Gasteiger partial charge in [-0.05, 0) is 6.92 Å². The van der Waals surface area contributed by atoms with Crippen LogP contribution in [0.25, 0.3) is 0 Å². The van der Waals surface area contributed by atoms with Crippen molar-refractivity contribution in [3.8, 4) is 0 Å². The molecule has 0 saturated carbocycles. The predicted octanol–water partition coefficient (Wildman–Crippen LogP) is -3.41. The molecular weight excluding hydrogens is 285 g/mol. The van der Waals surface area contributed by atoms with Crippen molar-refractivity contribution in [1.29, 1.82) is 5.41 Å². The van der Waals surface area contributed by atoms with Crippen LogP contribution >= 0.6 is 0 Å². The molecule has 0 aliphatic rings. The van der Waals surface area contributed by atoms with Gasteiger partial charge in [0.25, 0.3) is 0 Å². The fourth-order valence-corrected chi connectivity index (χ4v) is 0. The number of nitrogens with two attached hydrogens (primary N) is 1. The van der Waals surface area contributed by atoms with Crippen LogP contribution in [0.3, 0.4) is 0 Å². The summed E-state index contributed by atoms with van der Waals surface area (Å²) in [4.78, 5) is 37.4. The molecule has 0 heterocycles. The Morgan fingerprint density at radius 3 is 0.941 bits per heavy atom. The first-order valence-electron chi connectivity index (χ1n) is 3.76. The Kier molecular flexibility index (Phi) is 20.8. The number of carboxylic acid groups (broad SMARTS) is 2. The summed E-state index contributed by atoms with van der Waals surface area (Å²) in [6.45, 7) is 3.41. The van der Waals surface area contributed by atoms with E-state index in [1.807, 2.05) is 0 Å². The summed E-state index contributed by atoms with van der Waals surface area (Å²) in [6.07, 6.45) is 0. The van der Waals surface area contributed by atoms with E-state index in [0.717, 1.165) is 13.8 Å². The summed E-state index contributed by atoms with van der Waals surface area (Å²) in [5, 5.41) is 24.8. The molecule has 0 bridgehead atoms. The third kappa shape index (κ3) is 54.2. The van der Waals surface area contributed by atoms with Crippen molar-refractivity contribution in [2.45, 2.75) is 20.8 Å². The van der Waals surface area contributed by atoms with E-state index in [9.17, 15) is 29.4 Å². The Morgan fingerprint density at radius 1 is 0.882 bits per heavy atom. The van der Waals surface area contributed by atoms with E-state index < -0.39 is 23.5 Å². The summed E-state index contributed by atoms with van der Waals surface area (Å²) in [5.41, 5.74) is 4.69. The van der Waals surface area contributed by atoms with Crippen LogP contribution in [-0.4, -0.2) is 29.3 Å². The fourth-order valence-electron chi connectivity index (χ4n) is 0. The van der Waals surface area contributed by atoms with Crippen LogP contribution in [0.2, 0.25) is 0 Å². The average molecular weight is 298 g/mol. The molecule has 17 heavy (non-hydrogen) atoms. The van der Waals surface area contributed by atoms with Gasteiger partial charge in [0.1, 0.15) is 11.9 Å². The number of carboxylic acids is 2. The van der Waals surface area contributed by atoms with Crippen LogP contribution in [0.5, 0.6) is 0 Å². The predicted molar refractivity (Wildman–Crippen MR) is 49.0 cm³/mol. The molecule has 0 fully saturated rings. The number of ketones is 2. The topological polar surface area (TPSA) is 164 Å². The number of nitrogens with one attached hydrogen (secondary N) is 1. The summed E-state index contributed by atoms with van der Waals surface area (Å²) < 4.78 is 0. The van der Waals surface area contributed by atoms with E-state index in [1.54, 1.807) is 0 Å². The standard InChI is InChI=1S/2C3H4O3.C2H6N2.Zn/c2*1-2(4)3(5)6;1-2(3)4;/h2*1H3,(H,5,6);1H3,(H3,3,4);/q;;;+2/p-2. The molecule has 92 valence electrons. The maximum absolute atomic E-state index is 9.48. The molecule has 0 aliphatic carbocycles. The SMILES string of the molecule is CC(=N)N.CC(=O)C(=O)[O-].CC(=O)C(=O)[O-].[Zn+2]. The van der Waals surface area contributed by atoms with Crippen LogP contribution in [0, 0.1) is 5.41 Å². The zero-order valence-electron chi connectivity index (χ0n) is 9.73. The molecule has 0 radical (unpaired) electrons. The van der Waals surface area contributed by atoms with Gasteiger partial charge in [0, 0.05) is 13.8 Å². The van der Waals surface area contributed by atoms with Gasteiger partial charge in [-0.2, -0.15) is 0 Å². The molecule has 0 saturated heterocycles. The number of Topliss-reactive ketones (excluding diaryl/α,β-unsaturated/α-hetero) is 2. The Labute approximate surface area is 110 Å². The number of hydrogen-bond acceptors (Lipinski definition) is 7. The number of aliphatic carboxylic acids is 2. The van der Waals surface area contributed by atoms with Gasteiger partial charge in [-0.25, -0.2) is 0 Å². The molecule has 0 aromatic rings. The third-order valence-electron chi connectivity index (χ3n) is 0.575. The Bertz CT molecular complexity index is 250. The second-order valence-corrected chi connectivity index (χ2v) is 2.37. The molecule has 0 aromatic heterocycles. The number of amidine groups is 1. The minimum absolute atomic E-state index is 0. The summed E-state index contributed by atoms with van der Waals surface area (Å²) >= 11 is 0. The Hall–Kier alpha value is -1.63. The Morgan fingerprint density at radius 2 is 0.941 bits per heavy atom. The number of rotatable bonds is 2. The number of hydrogen-bond donors (Lipinski definition) is 2. The van der Waals surface area contributed by atoms with E-state index in [2.05, 4.69) is 0 Å². The van der Waals surface area contributed by atoms with Crippen LogP contribution in [0.4, 0.5) is 0 Å². The van der Waals surface area contributed by atoms with Crippen molar-refractivity contribution < 1.29 is 48.9 Å². The van der Waals surface area contributed by atoms with Gasteiger partial charge in [0.05, 0.1) is 5.84 Å². The van der Waals surface area contributed by atoms with Gasteiger partial charge in [-0.15, -0.1) is 0 Å². The van der Waals surface area contributed by atoms with Crippen molar-refractivity contribution in [3.63, 3.8) is 0 Å². The second kappa shape index (κ2) is 14.4. The van der Waals surface area contributed by atoms with Gasteiger partial charge in [0.2, 0.25) is 0 Å². The molecular formula is C8H12N2O6Zn. The first kappa shape index (κ1) is 24.6. The molecule has 3 N–H and O–H groups in total. The van der Waals surface area contributed by atoms with Crippen LogP contribution < -0.4 is 15.9 Å². The van der Waals surface area contributed by atoms with Gasteiger partial charge in [-0.1, -0.05) is 0 Å². The molecule has 9 heteroatoms. The second-order valence-electron chi connectivity index (χ2n) is 2.37. The molecule has 0 amide bonds. The van der Waals surface area contributed by atoms with Crippen molar-refractivity contribution in [3.05, 3.63) is 0 Å². The fraction of sp³-hybridized carbons (Fsp3) is 0.375. The zero-order chi connectivity index (χ0) is 13.9. The summed E-state index contributed by atoms with van der Waals surface area (Å²) in [7, 11) is 0. The van der Waals surface area contributed by atoms with Gasteiger partial charge in [-0.3, -0.25) is 15.0 Å². The molecule has 0 atom stereocenters. The number of carbonyl (C=O) groups excluding carboxylic acids is 4. The van der Waals surface area contributed by atoms with E-state index in [4.69, 9.17) is 11.1 Å². The zero-order valence-corrected chi connectivity index (χ0v) is 12.7. The molecule has 0 aromatic carbocycles. The smallest absolute Gasteiger partial charge is 0.542 e.